The molecule has 1 atom stereocenters. The van der Waals surface area contributed by atoms with Crippen LogP contribution in [0, 0.1) is 17.3 Å². The molecule has 1 heterocycles. The maximum absolute atomic E-state index is 12.1. The summed E-state index contributed by atoms with van der Waals surface area (Å²) in [5.74, 6) is 1.04. The standard InChI is InChI=1S/C13H25N3O/c1-9(2)11(15)12(17)16-4-3-13(8-16)5-10(6-13)7-14/h9-11H,3-8,14-15H2,1-2H3. The van der Waals surface area contributed by atoms with Crippen molar-refractivity contribution in [2.24, 2.45) is 28.7 Å². The molecule has 0 bridgehead atoms. The van der Waals surface area contributed by atoms with Gasteiger partial charge < -0.3 is 16.4 Å². The lowest BCUT2D eigenvalue weighted by Gasteiger charge is -2.45. The Morgan fingerprint density at radius 1 is 1.47 bits per heavy atom. The van der Waals surface area contributed by atoms with Crippen molar-refractivity contribution in [3.05, 3.63) is 0 Å². The first-order valence-corrected chi connectivity index (χ1v) is 6.72. The highest BCUT2D eigenvalue weighted by Gasteiger charge is 2.49. The highest BCUT2D eigenvalue weighted by atomic mass is 16.2. The summed E-state index contributed by atoms with van der Waals surface area (Å²) in [6, 6.07) is -0.337. The minimum absolute atomic E-state index is 0.132. The summed E-state index contributed by atoms with van der Waals surface area (Å²) in [6.07, 6.45) is 3.54. The van der Waals surface area contributed by atoms with Gasteiger partial charge in [-0.2, -0.15) is 0 Å². The summed E-state index contributed by atoms with van der Waals surface area (Å²) < 4.78 is 0. The Kier molecular flexibility index (Phi) is 3.46. The second kappa shape index (κ2) is 4.58. The highest BCUT2D eigenvalue weighted by Crippen LogP contribution is 2.51. The topological polar surface area (TPSA) is 72.4 Å². The minimum atomic E-state index is -0.337. The number of carbonyl (C=O) groups is 1. The van der Waals surface area contributed by atoms with E-state index in [1.54, 1.807) is 0 Å². The summed E-state index contributed by atoms with van der Waals surface area (Å²) in [7, 11) is 0. The smallest absolute Gasteiger partial charge is 0.239 e. The number of likely N-dealkylation sites (tertiary alicyclic amines) is 1. The van der Waals surface area contributed by atoms with Crippen LogP contribution in [0.25, 0.3) is 0 Å². The molecule has 1 amide bonds. The molecule has 0 aromatic heterocycles. The molecule has 1 saturated heterocycles. The summed E-state index contributed by atoms with van der Waals surface area (Å²) in [5.41, 5.74) is 12.0. The number of hydrogen-bond donors (Lipinski definition) is 2. The molecule has 4 heteroatoms. The molecule has 0 aromatic rings. The van der Waals surface area contributed by atoms with E-state index in [1.807, 2.05) is 18.7 Å². The first kappa shape index (κ1) is 12.8. The zero-order valence-corrected chi connectivity index (χ0v) is 11.0. The molecule has 0 aromatic carbocycles. The molecule has 17 heavy (non-hydrogen) atoms. The van der Waals surface area contributed by atoms with E-state index in [0.717, 1.165) is 26.1 Å². The average Bonchev–Trinajstić information content (AvgIpc) is 2.69. The second-order valence-electron chi connectivity index (χ2n) is 6.29. The summed E-state index contributed by atoms with van der Waals surface area (Å²) in [5, 5.41) is 0. The fraction of sp³-hybridized carbons (Fsp3) is 0.923. The molecule has 4 N–H and O–H groups in total. The number of hydrogen-bond acceptors (Lipinski definition) is 3. The molecular weight excluding hydrogens is 214 g/mol. The number of nitrogens with two attached hydrogens (primary N) is 2. The van der Waals surface area contributed by atoms with Gasteiger partial charge in [0.05, 0.1) is 6.04 Å². The van der Waals surface area contributed by atoms with E-state index < -0.39 is 0 Å². The average molecular weight is 239 g/mol. The van der Waals surface area contributed by atoms with E-state index in [-0.39, 0.29) is 17.9 Å². The Labute approximate surface area is 104 Å². The van der Waals surface area contributed by atoms with Gasteiger partial charge in [-0.3, -0.25) is 4.79 Å². The molecule has 1 unspecified atom stereocenters. The Bertz CT molecular complexity index is 297. The first-order valence-electron chi connectivity index (χ1n) is 6.72. The van der Waals surface area contributed by atoms with E-state index >= 15 is 0 Å². The predicted octanol–water partition coefficient (Wildman–Crippen LogP) is 0.557. The van der Waals surface area contributed by atoms with E-state index in [2.05, 4.69) is 0 Å². The Balaban J connectivity index is 1.88. The molecule has 0 radical (unpaired) electrons. The van der Waals surface area contributed by atoms with Gasteiger partial charge in [0, 0.05) is 13.1 Å². The van der Waals surface area contributed by atoms with Crippen molar-refractivity contribution >= 4 is 5.91 Å². The molecule has 1 aliphatic heterocycles. The van der Waals surface area contributed by atoms with Gasteiger partial charge in [0.15, 0.2) is 0 Å². The van der Waals surface area contributed by atoms with Gasteiger partial charge in [-0.05, 0) is 43.1 Å². The second-order valence-corrected chi connectivity index (χ2v) is 6.29. The third-order valence-corrected chi connectivity index (χ3v) is 4.53. The van der Waals surface area contributed by atoms with Gasteiger partial charge in [0.2, 0.25) is 5.91 Å². The first-order chi connectivity index (χ1) is 7.97. The molecule has 1 saturated carbocycles. The van der Waals surface area contributed by atoms with Crippen molar-refractivity contribution in [2.75, 3.05) is 19.6 Å². The Hall–Kier alpha value is -0.610. The van der Waals surface area contributed by atoms with Crippen LogP contribution >= 0.6 is 0 Å². The zero-order chi connectivity index (χ0) is 12.6. The summed E-state index contributed by atoms with van der Waals surface area (Å²) in [6.45, 7) is 6.59. The number of carbonyl (C=O) groups excluding carboxylic acids is 1. The van der Waals surface area contributed by atoms with Gasteiger partial charge in [0.25, 0.3) is 0 Å². The van der Waals surface area contributed by atoms with Crippen LogP contribution in [-0.2, 0) is 4.79 Å². The fourth-order valence-corrected chi connectivity index (χ4v) is 3.28. The van der Waals surface area contributed by atoms with Crippen LogP contribution in [-0.4, -0.2) is 36.5 Å². The van der Waals surface area contributed by atoms with Gasteiger partial charge in [-0.25, -0.2) is 0 Å². The predicted molar refractivity (Wildman–Crippen MR) is 68.2 cm³/mol. The van der Waals surface area contributed by atoms with Crippen molar-refractivity contribution in [3.8, 4) is 0 Å². The lowest BCUT2D eigenvalue weighted by molar-refractivity contribution is -0.133. The molecule has 2 fully saturated rings. The van der Waals surface area contributed by atoms with E-state index in [1.165, 1.54) is 12.8 Å². The monoisotopic (exact) mass is 239 g/mol. The lowest BCUT2D eigenvalue weighted by Crippen LogP contribution is -2.48. The van der Waals surface area contributed by atoms with Crippen molar-refractivity contribution in [1.29, 1.82) is 0 Å². The third-order valence-electron chi connectivity index (χ3n) is 4.53. The fourth-order valence-electron chi connectivity index (χ4n) is 3.28. The van der Waals surface area contributed by atoms with E-state index in [4.69, 9.17) is 11.5 Å². The summed E-state index contributed by atoms with van der Waals surface area (Å²) >= 11 is 0. The van der Waals surface area contributed by atoms with Crippen molar-refractivity contribution in [1.82, 2.24) is 4.90 Å². The number of rotatable bonds is 3. The van der Waals surface area contributed by atoms with Crippen LogP contribution in [0.1, 0.15) is 33.1 Å². The Morgan fingerprint density at radius 2 is 2.12 bits per heavy atom. The highest BCUT2D eigenvalue weighted by molar-refractivity contribution is 5.82. The Morgan fingerprint density at radius 3 is 2.65 bits per heavy atom. The van der Waals surface area contributed by atoms with E-state index in [9.17, 15) is 4.79 Å². The summed E-state index contributed by atoms with van der Waals surface area (Å²) in [4.78, 5) is 14.1. The van der Waals surface area contributed by atoms with Gasteiger partial charge >= 0.3 is 0 Å². The maximum Gasteiger partial charge on any atom is 0.239 e. The SMILES string of the molecule is CC(C)C(N)C(=O)N1CCC2(CC(CN)C2)C1. The van der Waals surface area contributed by atoms with Gasteiger partial charge in [0.1, 0.15) is 0 Å². The maximum atomic E-state index is 12.1. The molecule has 2 rings (SSSR count). The van der Waals surface area contributed by atoms with Crippen LogP contribution in [0.2, 0.25) is 0 Å². The molecular formula is C13H25N3O. The van der Waals surface area contributed by atoms with Crippen molar-refractivity contribution in [3.63, 3.8) is 0 Å². The van der Waals surface area contributed by atoms with Gasteiger partial charge in [-0.15, -0.1) is 0 Å². The number of nitrogens with zero attached hydrogens (tertiary/aromatic N) is 1. The quantitative estimate of drug-likeness (QED) is 0.756. The molecule has 4 nitrogen and oxygen atoms in total. The van der Waals surface area contributed by atoms with Crippen LogP contribution in [0.4, 0.5) is 0 Å². The van der Waals surface area contributed by atoms with Crippen molar-refractivity contribution < 1.29 is 4.79 Å². The molecule has 98 valence electrons. The van der Waals surface area contributed by atoms with Crippen LogP contribution in [0.5, 0.6) is 0 Å². The lowest BCUT2D eigenvalue weighted by atomic mass is 9.61. The third kappa shape index (κ3) is 2.33. The van der Waals surface area contributed by atoms with Crippen LogP contribution in [0.3, 0.4) is 0 Å². The molecule has 1 spiro atoms. The van der Waals surface area contributed by atoms with Crippen LogP contribution in [0.15, 0.2) is 0 Å². The zero-order valence-electron chi connectivity index (χ0n) is 11.0. The molecule has 1 aliphatic carbocycles. The van der Waals surface area contributed by atoms with E-state index in [0.29, 0.717) is 11.3 Å². The number of amides is 1. The van der Waals surface area contributed by atoms with Crippen LogP contribution < -0.4 is 11.5 Å². The van der Waals surface area contributed by atoms with Gasteiger partial charge in [-0.1, -0.05) is 13.8 Å². The van der Waals surface area contributed by atoms with Crippen molar-refractivity contribution in [2.45, 2.75) is 39.2 Å². The minimum Gasteiger partial charge on any atom is -0.341 e. The molecule has 2 aliphatic rings. The largest absolute Gasteiger partial charge is 0.341 e. The normalized spacial score (nSPS) is 34.2.